The Morgan fingerprint density at radius 3 is 2.83 bits per heavy atom. The smallest absolute Gasteiger partial charge is 0.128 e. The highest BCUT2D eigenvalue weighted by molar-refractivity contribution is 5.24. The lowest BCUT2D eigenvalue weighted by molar-refractivity contribution is 0.105. The third-order valence-electron chi connectivity index (χ3n) is 4.23. The Kier molecular flexibility index (Phi) is 4.36. The highest BCUT2D eigenvalue weighted by Gasteiger charge is 2.25. The van der Waals surface area contributed by atoms with E-state index in [1.165, 1.54) is 12.8 Å². The van der Waals surface area contributed by atoms with Crippen LogP contribution in [0.4, 0.5) is 4.39 Å². The van der Waals surface area contributed by atoms with Gasteiger partial charge in [-0.3, -0.25) is 4.90 Å². The summed E-state index contributed by atoms with van der Waals surface area (Å²) >= 11 is 0. The molecule has 1 aromatic carbocycles. The summed E-state index contributed by atoms with van der Waals surface area (Å²) < 4.78 is 13.9. The lowest BCUT2D eigenvalue weighted by atomic mass is 9.91. The molecule has 0 amide bonds. The van der Waals surface area contributed by atoms with Gasteiger partial charge in [0.1, 0.15) is 5.82 Å². The molecule has 1 fully saturated rings. The van der Waals surface area contributed by atoms with Crippen LogP contribution in [0.15, 0.2) is 18.2 Å². The number of rotatable bonds is 3. The molecule has 100 valence electrons. The molecule has 2 nitrogen and oxygen atoms in total. The van der Waals surface area contributed by atoms with Crippen molar-refractivity contribution >= 4 is 0 Å². The van der Waals surface area contributed by atoms with Crippen LogP contribution in [-0.4, -0.2) is 17.5 Å². The highest BCUT2D eigenvalue weighted by atomic mass is 19.1. The van der Waals surface area contributed by atoms with Crippen LogP contribution in [0.25, 0.3) is 0 Å². The zero-order valence-electron chi connectivity index (χ0n) is 11.3. The maximum atomic E-state index is 13.9. The maximum Gasteiger partial charge on any atom is 0.128 e. The van der Waals surface area contributed by atoms with Gasteiger partial charge in [-0.1, -0.05) is 19.1 Å². The van der Waals surface area contributed by atoms with Gasteiger partial charge in [0, 0.05) is 24.7 Å². The van der Waals surface area contributed by atoms with Crippen LogP contribution in [0, 0.1) is 11.7 Å². The topological polar surface area (TPSA) is 29.3 Å². The Bertz CT molecular complexity index is 405. The average molecular weight is 250 g/mol. The molecule has 0 aromatic heterocycles. The average Bonchev–Trinajstić information content (AvgIpc) is 2.37. The molecule has 0 saturated carbocycles. The molecule has 0 bridgehead atoms. The van der Waals surface area contributed by atoms with Gasteiger partial charge in [0.15, 0.2) is 0 Å². The summed E-state index contributed by atoms with van der Waals surface area (Å²) in [5.41, 5.74) is 7.16. The van der Waals surface area contributed by atoms with E-state index in [1.54, 1.807) is 6.07 Å². The standard InChI is InChI=1S/C15H23FN2/c1-11-4-3-7-18(12(11)2)10-14-6-5-13(9-17)8-15(14)16/h5-6,8,11-12H,3-4,7,9-10,17H2,1-2H3. The number of piperidine rings is 1. The molecule has 0 radical (unpaired) electrons. The first kappa shape index (κ1) is 13.5. The Balaban J connectivity index is 2.09. The zero-order valence-corrected chi connectivity index (χ0v) is 11.3. The predicted molar refractivity (Wildman–Crippen MR) is 72.6 cm³/mol. The Morgan fingerprint density at radius 2 is 2.17 bits per heavy atom. The third-order valence-corrected chi connectivity index (χ3v) is 4.23. The van der Waals surface area contributed by atoms with Crippen molar-refractivity contribution in [1.29, 1.82) is 0 Å². The number of hydrogen-bond acceptors (Lipinski definition) is 2. The summed E-state index contributed by atoms with van der Waals surface area (Å²) in [7, 11) is 0. The molecule has 1 saturated heterocycles. The van der Waals surface area contributed by atoms with Crippen molar-refractivity contribution in [3.63, 3.8) is 0 Å². The molecule has 2 unspecified atom stereocenters. The number of nitrogens with two attached hydrogens (primary N) is 1. The predicted octanol–water partition coefficient (Wildman–Crippen LogP) is 2.90. The van der Waals surface area contributed by atoms with Crippen LogP contribution in [0.3, 0.4) is 0 Å². The van der Waals surface area contributed by atoms with Gasteiger partial charge in [0.25, 0.3) is 0 Å². The van der Waals surface area contributed by atoms with Crippen molar-refractivity contribution in [2.45, 2.75) is 45.8 Å². The van der Waals surface area contributed by atoms with Crippen LogP contribution in [0.5, 0.6) is 0 Å². The molecule has 2 rings (SSSR count). The van der Waals surface area contributed by atoms with Crippen molar-refractivity contribution in [2.24, 2.45) is 11.7 Å². The molecule has 3 heteroatoms. The first-order chi connectivity index (χ1) is 8.61. The maximum absolute atomic E-state index is 13.9. The van der Waals surface area contributed by atoms with Gasteiger partial charge in [-0.25, -0.2) is 4.39 Å². The molecule has 0 spiro atoms. The van der Waals surface area contributed by atoms with Crippen LogP contribution >= 0.6 is 0 Å². The fourth-order valence-electron chi connectivity index (χ4n) is 2.71. The van der Waals surface area contributed by atoms with E-state index in [0.717, 1.165) is 17.7 Å². The monoisotopic (exact) mass is 250 g/mol. The minimum atomic E-state index is -0.122. The van der Waals surface area contributed by atoms with Gasteiger partial charge < -0.3 is 5.73 Å². The van der Waals surface area contributed by atoms with Gasteiger partial charge in [0.2, 0.25) is 0 Å². The molecule has 1 heterocycles. The number of halogens is 1. The molecule has 1 aromatic rings. The second-order valence-electron chi connectivity index (χ2n) is 5.46. The normalized spacial score (nSPS) is 25.3. The molecule has 1 aliphatic heterocycles. The van der Waals surface area contributed by atoms with Crippen molar-refractivity contribution in [3.8, 4) is 0 Å². The minimum absolute atomic E-state index is 0.122. The van der Waals surface area contributed by atoms with E-state index in [2.05, 4.69) is 18.7 Å². The van der Waals surface area contributed by atoms with Crippen molar-refractivity contribution in [1.82, 2.24) is 4.90 Å². The Labute approximate surface area is 109 Å². The van der Waals surface area contributed by atoms with E-state index < -0.39 is 0 Å². The molecular formula is C15H23FN2. The summed E-state index contributed by atoms with van der Waals surface area (Å²) in [5.74, 6) is 0.577. The van der Waals surface area contributed by atoms with Gasteiger partial charge in [-0.05, 0) is 43.9 Å². The quantitative estimate of drug-likeness (QED) is 0.893. The number of nitrogens with zero attached hydrogens (tertiary/aromatic N) is 1. The van der Waals surface area contributed by atoms with Crippen LogP contribution in [-0.2, 0) is 13.1 Å². The Hall–Kier alpha value is -0.930. The van der Waals surface area contributed by atoms with Gasteiger partial charge >= 0.3 is 0 Å². The molecule has 0 aliphatic carbocycles. The first-order valence-electron chi connectivity index (χ1n) is 6.83. The fraction of sp³-hybridized carbons (Fsp3) is 0.600. The lowest BCUT2D eigenvalue weighted by Gasteiger charge is -2.38. The Morgan fingerprint density at radius 1 is 1.39 bits per heavy atom. The van der Waals surface area contributed by atoms with E-state index in [9.17, 15) is 4.39 Å². The highest BCUT2D eigenvalue weighted by Crippen LogP contribution is 2.25. The van der Waals surface area contributed by atoms with Crippen molar-refractivity contribution in [2.75, 3.05) is 6.54 Å². The molecular weight excluding hydrogens is 227 g/mol. The summed E-state index contributed by atoms with van der Waals surface area (Å²) in [5, 5.41) is 0. The summed E-state index contributed by atoms with van der Waals surface area (Å²) in [6, 6.07) is 5.90. The van der Waals surface area contributed by atoms with Crippen molar-refractivity contribution < 1.29 is 4.39 Å². The second kappa shape index (κ2) is 5.81. The van der Waals surface area contributed by atoms with Crippen molar-refractivity contribution in [3.05, 3.63) is 35.1 Å². The second-order valence-corrected chi connectivity index (χ2v) is 5.46. The summed E-state index contributed by atoms with van der Waals surface area (Å²) in [4.78, 5) is 2.38. The lowest BCUT2D eigenvalue weighted by Crippen LogP contribution is -2.41. The van der Waals surface area contributed by atoms with E-state index >= 15 is 0 Å². The largest absolute Gasteiger partial charge is 0.326 e. The van der Waals surface area contributed by atoms with Crippen LogP contribution in [0.2, 0.25) is 0 Å². The van der Waals surface area contributed by atoms with Crippen LogP contribution < -0.4 is 5.73 Å². The van der Waals surface area contributed by atoms with Gasteiger partial charge in [-0.2, -0.15) is 0 Å². The molecule has 2 N–H and O–H groups in total. The molecule has 2 atom stereocenters. The van der Waals surface area contributed by atoms with Gasteiger partial charge in [0.05, 0.1) is 0 Å². The fourth-order valence-corrected chi connectivity index (χ4v) is 2.71. The number of hydrogen-bond donors (Lipinski definition) is 1. The van der Waals surface area contributed by atoms with Gasteiger partial charge in [-0.15, -0.1) is 0 Å². The van der Waals surface area contributed by atoms with E-state index in [4.69, 9.17) is 5.73 Å². The summed E-state index contributed by atoms with van der Waals surface area (Å²) in [6.45, 7) is 6.71. The first-order valence-corrected chi connectivity index (χ1v) is 6.83. The van der Waals surface area contributed by atoms with Crippen LogP contribution in [0.1, 0.15) is 37.8 Å². The SMILES string of the molecule is CC1CCCN(Cc2ccc(CN)cc2F)C1C. The molecule has 1 aliphatic rings. The number of likely N-dealkylation sites (tertiary alicyclic amines) is 1. The molecule has 18 heavy (non-hydrogen) atoms. The van der Waals surface area contributed by atoms with E-state index in [-0.39, 0.29) is 5.82 Å². The minimum Gasteiger partial charge on any atom is -0.326 e. The third kappa shape index (κ3) is 2.90. The van der Waals surface area contributed by atoms with E-state index in [0.29, 0.717) is 25.0 Å². The zero-order chi connectivity index (χ0) is 13.1. The van der Waals surface area contributed by atoms with E-state index in [1.807, 2.05) is 12.1 Å². The summed E-state index contributed by atoms with van der Waals surface area (Å²) in [6.07, 6.45) is 2.50. The number of benzene rings is 1.